The molecule has 1 saturated heterocycles. The van der Waals surface area contributed by atoms with E-state index in [1.165, 1.54) is 63.1 Å². The molecule has 1 saturated carbocycles. The number of benzene rings is 1. The van der Waals surface area contributed by atoms with Gasteiger partial charge in [-0.2, -0.15) is 4.39 Å². The Hall–Kier alpha value is -0.903. The normalized spacial score (nSPS) is 24.4. The van der Waals surface area contributed by atoms with Crippen LogP contribution in [-0.4, -0.2) is 15.4 Å². The van der Waals surface area contributed by atoms with Crippen LogP contribution in [0.25, 0.3) is 0 Å². The first-order chi connectivity index (χ1) is 13.6. The van der Waals surface area contributed by atoms with E-state index in [-0.39, 0.29) is 14.5 Å². The molecule has 0 atom stereocenters. The summed E-state index contributed by atoms with van der Waals surface area (Å²) >= 11 is 0. The van der Waals surface area contributed by atoms with Gasteiger partial charge in [0.15, 0.2) is 11.6 Å². The number of hydrogen-bond acceptors (Lipinski definition) is 1. The van der Waals surface area contributed by atoms with Gasteiger partial charge >= 0.3 is 0 Å². The summed E-state index contributed by atoms with van der Waals surface area (Å²) in [6.45, 7) is 4.81. The van der Waals surface area contributed by atoms with Crippen LogP contribution >= 0.6 is 0 Å². The number of halogens is 2. The van der Waals surface area contributed by atoms with E-state index >= 15 is 0 Å². The van der Waals surface area contributed by atoms with Crippen LogP contribution in [0.4, 0.5) is 8.78 Å². The van der Waals surface area contributed by atoms with E-state index in [0.717, 1.165) is 18.3 Å². The summed E-state index contributed by atoms with van der Waals surface area (Å²) in [6, 6.07) is 7.85. The molecule has 1 aliphatic carbocycles. The zero-order valence-corrected chi connectivity index (χ0v) is 18.7. The highest BCUT2D eigenvalue weighted by Gasteiger charge is 2.31. The smallest absolute Gasteiger partial charge is 0.200 e. The Morgan fingerprint density at radius 3 is 2.21 bits per heavy atom. The minimum Gasteiger partial charge on any atom is -0.490 e. The van der Waals surface area contributed by atoms with E-state index in [9.17, 15) is 8.78 Å². The first-order valence-electron chi connectivity index (χ1n) is 11.6. The predicted molar refractivity (Wildman–Crippen MR) is 114 cm³/mol. The molecule has 157 valence electrons. The maximum atomic E-state index is 14.2. The Bertz CT molecular complexity index is 605. The molecule has 1 nitrogen and oxygen atoms in total. The molecule has 1 heterocycles. The van der Waals surface area contributed by atoms with Gasteiger partial charge in [-0.05, 0) is 61.5 Å². The lowest BCUT2D eigenvalue weighted by molar-refractivity contribution is 0.145. The number of rotatable bonds is 8. The van der Waals surface area contributed by atoms with Crippen LogP contribution in [0.5, 0.6) is 5.75 Å². The van der Waals surface area contributed by atoms with Crippen LogP contribution in [-0.2, 0) is 6.42 Å². The Kier molecular flexibility index (Phi) is 8.37. The number of ether oxygens (including phenoxy) is 1. The van der Waals surface area contributed by atoms with Crippen LogP contribution in [0.1, 0.15) is 70.8 Å². The average molecular weight is 408 g/mol. The van der Waals surface area contributed by atoms with Gasteiger partial charge in [0, 0.05) is 8.80 Å². The predicted octanol–water partition coefficient (Wildman–Crippen LogP) is 7.42. The van der Waals surface area contributed by atoms with Crippen molar-refractivity contribution in [1.82, 2.24) is 0 Å². The second kappa shape index (κ2) is 10.8. The zero-order chi connectivity index (χ0) is 19.9. The fourth-order valence-electron chi connectivity index (χ4n) is 5.30. The minimum absolute atomic E-state index is 0.0191. The summed E-state index contributed by atoms with van der Waals surface area (Å²) in [7, 11) is -0.0191. The van der Waals surface area contributed by atoms with E-state index in [0.29, 0.717) is 24.5 Å². The van der Waals surface area contributed by atoms with Gasteiger partial charge in [0.05, 0.1) is 6.61 Å². The van der Waals surface area contributed by atoms with Gasteiger partial charge in [0.2, 0.25) is 5.82 Å². The topological polar surface area (TPSA) is 9.23 Å². The van der Waals surface area contributed by atoms with Crippen molar-refractivity contribution in [3.63, 3.8) is 0 Å². The molecule has 2 aliphatic rings. The van der Waals surface area contributed by atoms with Gasteiger partial charge in [-0.15, -0.1) is 0 Å². The van der Waals surface area contributed by atoms with Crippen molar-refractivity contribution in [2.24, 2.45) is 17.8 Å². The highest BCUT2D eigenvalue weighted by atomic mass is 28.3. The first-order valence-corrected chi connectivity index (χ1v) is 13.7. The molecule has 1 aromatic rings. The highest BCUT2D eigenvalue weighted by Crippen LogP contribution is 2.41. The highest BCUT2D eigenvalue weighted by molar-refractivity contribution is 6.58. The van der Waals surface area contributed by atoms with Gasteiger partial charge < -0.3 is 4.74 Å². The fourth-order valence-corrected chi connectivity index (χ4v) is 8.32. The molecule has 3 rings (SSSR count). The molecule has 0 N–H and O–H groups in total. The third kappa shape index (κ3) is 5.58. The Morgan fingerprint density at radius 2 is 1.57 bits per heavy atom. The monoisotopic (exact) mass is 407 g/mol. The standard InChI is InChI=1S/C24H37F2OSi/c1-3-5-21-10-11-22(24(26)23(21)25)27-17-18-6-8-19(9-7-18)20-12-15-28(14-4-2)16-13-20/h10-11,18-20H,3-9,12-17H2,1-2H3. The second-order valence-corrected chi connectivity index (χ2v) is 12.0. The lowest BCUT2D eigenvalue weighted by Gasteiger charge is -2.37. The first kappa shape index (κ1) is 21.8. The molecule has 1 radical (unpaired) electrons. The van der Waals surface area contributed by atoms with Crippen molar-refractivity contribution in [2.45, 2.75) is 89.8 Å². The lowest BCUT2D eigenvalue weighted by atomic mass is 9.74. The van der Waals surface area contributed by atoms with Gasteiger partial charge in [-0.25, -0.2) is 4.39 Å². The van der Waals surface area contributed by atoms with Crippen molar-refractivity contribution < 1.29 is 13.5 Å². The van der Waals surface area contributed by atoms with Gasteiger partial charge in [-0.3, -0.25) is 0 Å². The zero-order valence-electron chi connectivity index (χ0n) is 17.7. The molecule has 0 unspecified atom stereocenters. The summed E-state index contributed by atoms with van der Waals surface area (Å²) in [5, 5.41) is 0. The van der Waals surface area contributed by atoms with Crippen molar-refractivity contribution >= 4 is 8.80 Å². The quantitative estimate of drug-likeness (QED) is 0.407. The van der Waals surface area contributed by atoms with E-state index in [4.69, 9.17) is 4.74 Å². The van der Waals surface area contributed by atoms with Crippen LogP contribution in [0, 0.1) is 29.4 Å². The third-order valence-corrected chi connectivity index (χ3v) is 10.2. The van der Waals surface area contributed by atoms with Crippen LogP contribution < -0.4 is 4.74 Å². The van der Waals surface area contributed by atoms with Gasteiger partial charge in [0.25, 0.3) is 0 Å². The third-order valence-electron chi connectivity index (χ3n) is 7.02. The molecule has 0 aromatic heterocycles. The Labute approximate surface area is 171 Å². The van der Waals surface area contributed by atoms with Crippen molar-refractivity contribution in [1.29, 1.82) is 0 Å². The summed E-state index contributed by atoms with van der Waals surface area (Å²) in [5.74, 6) is 0.861. The van der Waals surface area contributed by atoms with E-state index in [2.05, 4.69) is 6.92 Å². The molecule has 4 heteroatoms. The van der Waals surface area contributed by atoms with Crippen LogP contribution in [0.15, 0.2) is 12.1 Å². The summed E-state index contributed by atoms with van der Waals surface area (Å²) in [6.07, 6.45) is 10.6. The van der Waals surface area contributed by atoms with Crippen molar-refractivity contribution in [2.75, 3.05) is 6.61 Å². The maximum absolute atomic E-state index is 14.2. The van der Waals surface area contributed by atoms with Crippen LogP contribution in [0.3, 0.4) is 0 Å². The number of aryl methyl sites for hydroxylation is 1. The van der Waals surface area contributed by atoms with E-state index in [1.54, 1.807) is 12.1 Å². The summed E-state index contributed by atoms with van der Waals surface area (Å²) in [4.78, 5) is 0. The molecular weight excluding hydrogens is 370 g/mol. The maximum Gasteiger partial charge on any atom is 0.200 e. The molecule has 0 spiro atoms. The molecule has 0 amide bonds. The second-order valence-electron chi connectivity index (χ2n) is 9.03. The number of hydrogen-bond donors (Lipinski definition) is 0. The van der Waals surface area contributed by atoms with Crippen molar-refractivity contribution in [3.05, 3.63) is 29.3 Å². The van der Waals surface area contributed by atoms with E-state index in [1.807, 2.05) is 6.92 Å². The van der Waals surface area contributed by atoms with Gasteiger partial charge in [0.1, 0.15) is 0 Å². The molecule has 28 heavy (non-hydrogen) atoms. The minimum atomic E-state index is -0.813. The lowest BCUT2D eigenvalue weighted by Crippen LogP contribution is -2.29. The Morgan fingerprint density at radius 1 is 0.893 bits per heavy atom. The molecule has 1 aromatic carbocycles. The molecular formula is C24H37F2OSi. The fraction of sp³-hybridized carbons (Fsp3) is 0.750. The summed E-state index contributed by atoms with van der Waals surface area (Å²) < 4.78 is 34.0. The molecule has 2 fully saturated rings. The summed E-state index contributed by atoms with van der Waals surface area (Å²) in [5.41, 5.74) is 0.448. The van der Waals surface area contributed by atoms with Crippen LogP contribution in [0.2, 0.25) is 18.1 Å². The largest absolute Gasteiger partial charge is 0.490 e. The van der Waals surface area contributed by atoms with Crippen molar-refractivity contribution in [3.8, 4) is 5.75 Å². The van der Waals surface area contributed by atoms with E-state index < -0.39 is 11.6 Å². The van der Waals surface area contributed by atoms with Gasteiger partial charge in [-0.1, -0.05) is 63.7 Å². The molecule has 0 bridgehead atoms. The SMILES string of the molecule is CCCc1ccc(OCC2CCC(C3CC[Si](CCC)CC3)CC2)c(F)c1F. The Balaban J connectivity index is 1.42. The average Bonchev–Trinajstić information content (AvgIpc) is 2.72. The molecule has 1 aliphatic heterocycles.